The molecule has 34 heavy (non-hydrogen) atoms. The number of carbonyl (C=O) groups excluding carboxylic acids is 2. The molecule has 2 unspecified atom stereocenters. The van der Waals surface area contributed by atoms with E-state index in [4.69, 9.17) is 24.0 Å². The lowest BCUT2D eigenvalue weighted by molar-refractivity contribution is -0.576. The van der Waals surface area contributed by atoms with Crippen molar-refractivity contribution in [1.82, 2.24) is 5.32 Å². The summed E-state index contributed by atoms with van der Waals surface area (Å²) in [5.74, 6) is -2.88. The lowest BCUT2D eigenvalue weighted by Crippen LogP contribution is -2.70. The summed E-state index contributed by atoms with van der Waals surface area (Å²) >= 11 is 0. The van der Waals surface area contributed by atoms with Crippen LogP contribution in [0.3, 0.4) is 0 Å². The normalized spacial score (nSPS) is 41.8. The Labute approximate surface area is 199 Å². The number of esters is 1. The molecule has 10 nitrogen and oxygen atoms in total. The lowest BCUT2D eigenvalue weighted by Gasteiger charge is -2.59. The lowest BCUT2D eigenvalue weighted by atomic mass is 9.58. The maximum absolute atomic E-state index is 12.6. The Morgan fingerprint density at radius 2 is 1.82 bits per heavy atom. The third kappa shape index (κ3) is 4.45. The Morgan fingerprint density at radius 3 is 2.50 bits per heavy atom. The first-order chi connectivity index (χ1) is 16.0. The first-order valence-electron chi connectivity index (χ1n) is 12.4. The molecule has 1 spiro atoms. The van der Waals surface area contributed by atoms with E-state index in [0.717, 1.165) is 19.3 Å². The van der Waals surface area contributed by atoms with Crippen LogP contribution in [0.4, 0.5) is 0 Å². The minimum absolute atomic E-state index is 0.0264. The number of carboxylic acids is 1. The van der Waals surface area contributed by atoms with Crippen LogP contribution in [0.5, 0.6) is 0 Å². The average molecular weight is 484 g/mol. The average Bonchev–Trinajstić information content (AvgIpc) is 2.99. The molecule has 0 aromatic rings. The maximum Gasteiger partial charge on any atom is 0.326 e. The van der Waals surface area contributed by atoms with E-state index in [2.05, 4.69) is 12.2 Å². The van der Waals surface area contributed by atoms with E-state index in [1.807, 2.05) is 13.8 Å². The summed E-state index contributed by atoms with van der Waals surface area (Å²) in [6, 6.07) is -1.01. The van der Waals surface area contributed by atoms with Crippen molar-refractivity contribution < 1.29 is 43.5 Å². The van der Waals surface area contributed by atoms with Crippen LogP contribution in [0.15, 0.2) is 0 Å². The number of nitrogens with one attached hydrogen (secondary N) is 1. The molecule has 1 saturated carbocycles. The second-order valence-corrected chi connectivity index (χ2v) is 10.9. The molecule has 192 valence electrons. The molecular weight excluding hydrogens is 446 g/mol. The maximum atomic E-state index is 12.6. The molecule has 1 aliphatic carbocycles. The first-order valence-corrected chi connectivity index (χ1v) is 12.4. The van der Waals surface area contributed by atoms with Gasteiger partial charge in [0.25, 0.3) is 0 Å². The molecule has 2 N–H and O–H groups in total. The highest BCUT2D eigenvalue weighted by atomic mass is 17.3. The number of carbonyl (C=O) groups is 3. The smallest absolute Gasteiger partial charge is 0.326 e. The van der Waals surface area contributed by atoms with Gasteiger partial charge in [-0.15, -0.1) is 0 Å². The van der Waals surface area contributed by atoms with Gasteiger partial charge in [0.15, 0.2) is 11.9 Å². The van der Waals surface area contributed by atoms with Crippen molar-refractivity contribution in [3.8, 4) is 0 Å². The SMILES string of the molecule is CC(C)C(NC(=O)CCC(=O)O[C@@H]1O[C@@H]2O[C@]3(C)CC[C@H]4[C@H](C)CC[C@@H]([C@H]1C)C24OO3)C(=O)O. The summed E-state index contributed by atoms with van der Waals surface area (Å²) in [5, 5.41) is 11.7. The zero-order valence-corrected chi connectivity index (χ0v) is 20.6. The molecule has 5 rings (SSSR count). The summed E-state index contributed by atoms with van der Waals surface area (Å²) in [5.41, 5.74) is -0.738. The highest BCUT2D eigenvalue weighted by Crippen LogP contribution is 2.60. The number of hydrogen-bond donors (Lipinski definition) is 2. The molecule has 4 saturated heterocycles. The van der Waals surface area contributed by atoms with Gasteiger partial charge in [0.05, 0.1) is 6.42 Å². The van der Waals surface area contributed by atoms with Crippen LogP contribution in [-0.2, 0) is 38.4 Å². The number of rotatable bonds is 7. The summed E-state index contributed by atoms with van der Waals surface area (Å²) in [4.78, 5) is 47.9. The Balaban J connectivity index is 1.40. The van der Waals surface area contributed by atoms with E-state index >= 15 is 0 Å². The molecule has 10 heteroatoms. The first kappa shape index (κ1) is 25.3. The van der Waals surface area contributed by atoms with Crippen molar-refractivity contribution in [2.24, 2.45) is 29.6 Å². The topological polar surface area (TPSA) is 130 Å². The van der Waals surface area contributed by atoms with E-state index in [1.165, 1.54) is 0 Å². The van der Waals surface area contributed by atoms with Gasteiger partial charge in [0.1, 0.15) is 6.04 Å². The molecular formula is C24H37NO9. The third-order valence-corrected chi connectivity index (χ3v) is 8.15. The monoisotopic (exact) mass is 483 g/mol. The van der Waals surface area contributed by atoms with Crippen LogP contribution in [0, 0.1) is 29.6 Å². The van der Waals surface area contributed by atoms with Gasteiger partial charge >= 0.3 is 11.9 Å². The molecule has 0 aromatic carbocycles. The van der Waals surface area contributed by atoms with Gasteiger partial charge in [-0.25, -0.2) is 14.6 Å². The zero-order chi connectivity index (χ0) is 24.8. The van der Waals surface area contributed by atoms with Crippen LogP contribution in [0.25, 0.3) is 0 Å². The predicted molar refractivity (Wildman–Crippen MR) is 117 cm³/mol. The fourth-order valence-corrected chi connectivity index (χ4v) is 6.17. The molecule has 0 aromatic heterocycles. The van der Waals surface area contributed by atoms with Gasteiger partial charge in [-0.3, -0.25) is 9.59 Å². The molecule has 2 bridgehead atoms. The van der Waals surface area contributed by atoms with Crippen molar-refractivity contribution in [3.63, 3.8) is 0 Å². The van der Waals surface area contributed by atoms with Crippen molar-refractivity contribution in [2.45, 2.75) is 103 Å². The van der Waals surface area contributed by atoms with Crippen LogP contribution < -0.4 is 5.32 Å². The molecule has 1 amide bonds. The van der Waals surface area contributed by atoms with Gasteiger partial charge in [0, 0.05) is 24.7 Å². The van der Waals surface area contributed by atoms with Gasteiger partial charge < -0.3 is 24.6 Å². The van der Waals surface area contributed by atoms with Crippen LogP contribution in [-0.4, -0.2) is 53.0 Å². The Kier molecular flexibility index (Phi) is 6.98. The van der Waals surface area contributed by atoms with Crippen LogP contribution in [0.1, 0.15) is 73.1 Å². The van der Waals surface area contributed by atoms with Crippen LogP contribution in [0.2, 0.25) is 0 Å². The zero-order valence-electron chi connectivity index (χ0n) is 20.6. The quantitative estimate of drug-likeness (QED) is 0.415. The van der Waals surface area contributed by atoms with E-state index < -0.39 is 47.9 Å². The molecule has 0 radical (unpaired) electrons. The fraction of sp³-hybridized carbons (Fsp3) is 0.875. The summed E-state index contributed by atoms with van der Waals surface area (Å²) in [7, 11) is 0. The number of fused-ring (bicyclic) bond motifs is 2. The molecule has 4 heterocycles. The van der Waals surface area contributed by atoms with E-state index in [-0.39, 0.29) is 36.5 Å². The molecule has 9 atom stereocenters. The predicted octanol–water partition coefficient (Wildman–Crippen LogP) is 2.74. The van der Waals surface area contributed by atoms with Crippen LogP contribution >= 0.6 is 0 Å². The number of hydrogen-bond acceptors (Lipinski definition) is 8. The number of ether oxygens (including phenoxy) is 3. The van der Waals surface area contributed by atoms with E-state index in [0.29, 0.717) is 12.3 Å². The number of aliphatic carboxylic acids is 1. The summed E-state index contributed by atoms with van der Waals surface area (Å²) < 4.78 is 18.1. The molecule has 5 aliphatic rings. The second kappa shape index (κ2) is 9.37. The van der Waals surface area contributed by atoms with Crippen molar-refractivity contribution in [3.05, 3.63) is 0 Å². The second-order valence-electron chi connectivity index (χ2n) is 10.9. The van der Waals surface area contributed by atoms with Gasteiger partial charge in [-0.2, -0.15) is 0 Å². The van der Waals surface area contributed by atoms with Crippen molar-refractivity contribution in [1.29, 1.82) is 0 Å². The Morgan fingerprint density at radius 1 is 1.09 bits per heavy atom. The van der Waals surface area contributed by atoms with E-state index in [1.54, 1.807) is 13.8 Å². The summed E-state index contributed by atoms with van der Waals surface area (Å²) in [6.45, 7) is 9.45. The Hall–Kier alpha value is -1.75. The minimum atomic E-state index is -1.11. The standard InChI is InChI=1S/C24H37NO9/c1-12(2)19(20(28)29)25-17(26)8-9-18(27)30-21-14(4)16-7-6-13(3)15-10-11-23(5)32-22(31-21)24(15,16)34-33-23/h12-16,19,21-22H,6-11H2,1-5H3,(H,25,26)(H,28,29)/t13-,14-,15+,16+,19?,21-,22-,23+,24?/m1/s1. The summed E-state index contributed by atoms with van der Waals surface area (Å²) in [6.07, 6.45) is 1.62. The molecule has 4 aliphatic heterocycles. The van der Waals surface area contributed by atoms with Gasteiger partial charge in [-0.1, -0.05) is 27.7 Å². The fourth-order valence-electron chi connectivity index (χ4n) is 6.17. The van der Waals surface area contributed by atoms with Gasteiger partial charge in [-0.05, 0) is 43.9 Å². The number of amides is 1. The largest absolute Gasteiger partial charge is 0.480 e. The van der Waals surface area contributed by atoms with E-state index in [9.17, 15) is 19.5 Å². The highest BCUT2D eigenvalue weighted by Gasteiger charge is 2.69. The third-order valence-electron chi connectivity index (χ3n) is 8.15. The molecule has 5 fully saturated rings. The highest BCUT2D eigenvalue weighted by molar-refractivity contribution is 5.85. The van der Waals surface area contributed by atoms with Crippen molar-refractivity contribution in [2.75, 3.05) is 0 Å². The number of carboxylic acid groups (broad SMARTS) is 1. The van der Waals surface area contributed by atoms with Gasteiger partial charge in [0.2, 0.25) is 18.0 Å². The Bertz CT molecular complexity index is 818. The minimum Gasteiger partial charge on any atom is -0.480 e. The van der Waals surface area contributed by atoms with Crippen molar-refractivity contribution >= 4 is 17.8 Å².